The van der Waals surface area contributed by atoms with Crippen LogP contribution in [0.4, 0.5) is 32.0 Å². The largest absolute Gasteiger partial charge is 0.490 e. The van der Waals surface area contributed by atoms with Crippen molar-refractivity contribution in [2.45, 2.75) is 24.9 Å². The summed E-state index contributed by atoms with van der Waals surface area (Å²) in [6.45, 7) is -0.448. The number of hydrogen-bond acceptors (Lipinski definition) is 6. The highest BCUT2D eigenvalue weighted by molar-refractivity contribution is 5.99. The molecule has 1 amide bonds. The highest BCUT2D eigenvalue weighted by atomic mass is 19.4. The van der Waals surface area contributed by atoms with Crippen molar-refractivity contribution in [2.75, 3.05) is 11.5 Å². The number of carbonyl (C=O) groups is 2. The van der Waals surface area contributed by atoms with Crippen LogP contribution in [-0.4, -0.2) is 41.0 Å². The summed E-state index contributed by atoms with van der Waals surface area (Å²) < 4.78 is 82.4. The zero-order valence-electron chi connectivity index (χ0n) is 16.9. The van der Waals surface area contributed by atoms with Crippen LogP contribution in [0.1, 0.15) is 11.3 Å². The maximum Gasteiger partial charge on any atom is 0.490 e. The maximum atomic E-state index is 13.4. The molecule has 0 saturated heterocycles. The second kappa shape index (κ2) is 9.21. The lowest BCUT2D eigenvalue weighted by atomic mass is 10.1. The summed E-state index contributed by atoms with van der Waals surface area (Å²) in [4.78, 5) is 22.8. The van der Waals surface area contributed by atoms with Gasteiger partial charge in [0.05, 0.1) is 17.8 Å². The van der Waals surface area contributed by atoms with Crippen LogP contribution >= 0.6 is 0 Å². The number of nitrogens with zero attached hydrogens (tertiary/aromatic N) is 2. The van der Waals surface area contributed by atoms with Gasteiger partial charge in [0.25, 0.3) is 0 Å². The highest BCUT2D eigenvalue weighted by Gasteiger charge is 2.40. The molecule has 1 aliphatic heterocycles. The predicted octanol–water partition coefficient (Wildman–Crippen LogP) is 3.73. The van der Waals surface area contributed by atoms with Gasteiger partial charge in [-0.05, 0) is 24.3 Å². The van der Waals surface area contributed by atoms with Gasteiger partial charge in [-0.1, -0.05) is 23.4 Å². The van der Waals surface area contributed by atoms with E-state index in [4.69, 9.17) is 24.9 Å². The van der Waals surface area contributed by atoms with E-state index >= 15 is 0 Å². The van der Waals surface area contributed by atoms with Crippen molar-refractivity contribution in [2.24, 2.45) is 5.73 Å². The molecule has 4 rings (SSSR count). The number of alkyl halides is 6. The Hall–Kier alpha value is -3.81. The van der Waals surface area contributed by atoms with E-state index in [-0.39, 0.29) is 18.8 Å². The Morgan fingerprint density at radius 2 is 1.76 bits per heavy atom. The molecule has 0 fully saturated rings. The summed E-state index contributed by atoms with van der Waals surface area (Å²) in [5.74, 6) is -3.73. The fourth-order valence-corrected chi connectivity index (χ4v) is 3.04. The number of hydrogen-bond donors (Lipinski definition) is 2. The summed E-state index contributed by atoms with van der Waals surface area (Å²) in [6, 6.07) is 9.43. The third-order valence-electron chi connectivity index (χ3n) is 4.58. The van der Waals surface area contributed by atoms with E-state index in [1.165, 1.54) is 12.1 Å². The van der Waals surface area contributed by atoms with Gasteiger partial charge in [0, 0.05) is 5.39 Å². The van der Waals surface area contributed by atoms with E-state index in [1.807, 2.05) is 0 Å². The standard InChI is InChI=1S/C18H14F3N3O3.C2HF3O2/c19-18(20,21)11-5-3-6-14-16(11)26-9-12(22)17(25)24(14)8-13-10-4-1-2-7-15(10)27-23-13;3-2(4,5)1(6)7/h1-7,12H,8-9,22H2;(H,6,7)/t12-;/m0./s1. The molecule has 0 bridgehead atoms. The molecule has 2 aromatic carbocycles. The van der Waals surface area contributed by atoms with Crippen molar-refractivity contribution in [3.05, 3.63) is 53.7 Å². The minimum Gasteiger partial charge on any atom is -0.489 e. The molecule has 34 heavy (non-hydrogen) atoms. The molecule has 1 aromatic heterocycles. The summed E-state index contributed by atoms with van der Waals surface area (Å²) in [6.07, 6.45) is -9.71. The Morgan fingerprint density at radius 1 is 1.12 bits per heavy atom. The molecule has 0 unspecified atom stereocenters. The topological polar surface area (TPSA) is 119 Å². The number of para-hydroxylation sites is 2. The fourth-order valence-electron chi connectivity index (χ4n) is 3.04. The van der Waals surface area contributed by atoms with E-state index < -0.39 is 41.6 Å². The molecule has 14 heteroatoms. The SMILES string of the molecule is N[C@H]1COc2c(cccc2C(F)(F)F)N(Cc2noc3ccccc23)C1=O.O=C(O)C(F)(F)F. The van der Waals surface area contributed by atoms with E-state index in [9.17, 15) is 31.1 Å². The zero-order chi connectivity index (χ0) is 25.3. The number of amides is 1. The van der Waals surface area contributed by atoms with Gasteiger partial charge in [-0.15, -0.1) is 0 Å². The number of anilines is 1. The average molecular weight is 491 g/mol. The summed E-state index contributed by atoms with van der Waals surface area (Å²) in [7, 11) is 0. The Bertz CT molecular complexity index is 1210. The predicted molar refractivity (Wildman–Crippen MR) is 104 cm³/mol. The Labute approximate surface area is 186 Å². The number of carboxylic acid groups (broad SMARTS) is 1. The van der Waals surface area contributed by atoms with Crippen molar-refractivity contribution >= 4 is 28.5 Å². The quantitative estimate of drug-likeness (QED) is 0.525. The van der Waals surface area contributed by atoms with Gasteiger partial charge >= 0.3 is 18.3 Å². The van der Waals surface area contributed by atoms with Crippen LogP contribution in [0.2, 0.25) is 0 Å². The fraction of sp³-hybridized carbons (Fsp3) is 0.250. The molecule has 2 heterocycles. The Balaban J connectivity index is 0.000000406. The van der Waals surface area contributed by atoms with Gasteiger partial charge < -0.3 is 25.0 Å². The molecule has 0 radical (unpaired) electrons. The highest BCUT2D eigenvalue weighted by Crippen LogP contribution is 2.43. The lowest BCUT2D eigenvalue weighted by Crippen LogP contribution is -2.45. The molecular formula is C20H15F6N3O5. The van der Waals surface area contributed by atoms with Gasteiger partial charge in [-0.3, -0.25) is 4.79 Å². The van der Waals surface area contributed by atoms with Gasteiger partial charge in [0.15, 0.2) is 11.3 Å². The summed E-state index contributed by atoms with van der Waals surface area (Å²) >= 11 is 0. The van der Waals surface area contributed by atoms with Crippen LogP contribution < -0.4 is 15.4 Å². The molecule has 0 saturated carbocycles. The Kier molecular flexibility index (Phi) is 6.72. The van der Waals surface area contributed by atoms with Crippen LogP contribution in [0.15, 0.2) is 47.0 Å². The second-order valence-electron chi connectivity index (χ2n) is 6.92. The van der Waals surface area contributed by atoms with Crippen molar-refractivity contribution in [3.63, 3.8) is 0 Å². The van der Waals surface area contributed by atoms with Crippen molar-refractivity contribution in [1.82, 2.24) is 5.16 Å². The van der Waals surface area contributed by atoms with E-state index in [0.717, 1.165) is 11.0 Å². The van der Waals surface area contributed by atoms with Gasteiger partial charge in [0.1, 0.15) is 18.3 Å². The number of carboxylic acids is 1. The van der Waals surface area contributed by atoms with E-state index in [1.54, 1.807) is 24.3 Å². The molecule has 8 nitrogen and oxygen atoms in total. The van der Waals surface area contributed by atoms with Crippen LogP contribution in [0.3, 0.4) is 0 Å². The molecular weight excluding hydrogens is 476 g/mol. The number of fused-ring (bicyclic) bond motifs is 2. The van der Waals surface area contributed by atoms with Crippen molar-refractivity contribution < 1.29 is 50.3 Å². The van der Waals surface area contributed by atoms with Crippen LogP contribution in [-0.2, 0) is 22.3 Å². The lowest BCUT2D eigenvalue weighted by Gasteiger charge is -2.23. The normalized spacial score (nSPS) is 16.3. The van der Waals surface area contributed by atoms with Crippen molar-refractivity contribution in [3.8, 4) is 5.75 Å². The maximum absolute atomic E-state index is 13.4. The third kappa shape index (κ3) is 5.22. The molecule has 0 spiro atoms. The number of benzene rings is 2. The van der Waals surface area contributed by atoms with Crippen LogP contribution in [0.25, 0.3) is 11.0 Å². The number of ether oxygens (including phenoxy) is 1. The summed E-state index contributed by atoms with van der Waals surface area (Å²) in [5, 5.41) is 11.7. The molecule has 1 atom stereocenters. The first kappa shape index (κ1) is 24.8. The first-order valence-electron chi connectivity index (χ1n) is 9.34. The molecule has 0 aliphatic carbocycles. The lowest BCUT2D eigenvalue weighted by molar-refractivity contribution is -0.192. The average Bonchev–Trinajstić information content (AvgIpc) is 3.12. The number of nitrogens with two attached hydrogens (primary N) is 1. The van der Waals surface area contributed by atoms with E-state index in [2.05, 4.69) is 5.16 Å². The second-order valence-corrected chi connectivity index (χ2v) is 6.92. The third-order valence-corrected chi connectivity index (χ3v) is 4.58. The first-order chi connectivity index (χ1) is 15.8. The van der Waals surface area contributed by atoms with Crippen LogP contribution in [0, 0.1) is 0 Å². The number of halogens is 6. The van der Waals surface area contributed by atoms with Gasteiger partial charge in [-0.2, -0.15) is 26.3 Å². The number of aromatic nitrogens is 1. The van der Waals surface area contributed by atoms with E-state index in [0.29, 0.717) is 16.7 Å². The monoisotopic (exact) mass is 491 g/mol. The molecule has 182 valence electrons. The van der Waals surface area contributed by atoms with Crippen molar-refractivity contribution in [1.29, 1.82) is 0 Å². The molecule has 3 N–H and O–H groups in total. The number of aliphatic carboxylic acids is 1. The van der Waals surface area contributed by atoms with Crippen LogP contribution in [0.5, 0.6) is 5.75 Å². The summed E-state index contributed by atoms with van der Waals surface area (Å²) in [5.41, 5.74) is 5.77. The molecule has 1 aliphatic rings. The van der Waals surface area contributed by atoms with Gasteiger partial charge in [0.2, 0.25) is 5.91 Å². The van der Waals surface area contributed by atoms with Gasteiger partial charge in [-0.25, -0.2) is 4.79 Å². The zero-order valence-corrected chi connectivity index (χ0v) is 16.9. The number of rotatable bonds is 2. The minimum atomic E-state index is -5.08. The molecule has 3 aromatic rings. The Morgan fingerprint density at radius 3 is 2.38 bits per heavy atom. The number of carbonyl (C=O) groups excluding carboxylic acids is 1. The minimum absolute atomic E-state index is 0.00476. The first-order valence-corrected chi connectivity index (χ1v) is 9.34. The smallest absolute Gasteiger partial charge is 0.489 e.